The first kappa shape index (κ1) is 26.3. The van der Waals surface area contributed by atoms with Gasteiger partial charge < -0.3 is 4.74 Å². The second-order valence-corrected chi connectivity index (χ2v) is 9.53. The minimum atomic E-state index is -3.27. The van der Waals surface area contributed by atoms with Gasteiger partial charge in [0.2, 0.25) is 0 Å². The summed E-state index contributed by atoms with van der Waals surface area (Å²) in [5, 5.41) is 0. The van der Waals surface area contributed by atoms with Crippen molar-refractivity contribution in [3.63, 3.8) is 0 Å². The van der Waals surface area contributed by atoms with Crippen molar-refractivity contribution in [2.75, 3.05) is 6.61 Å². The molecule has 0 amide bonds. The zero-order valence-corrected chi connectivity index (χ0v) is 20.8. The van der Waals surface area contributed by atoms with Crippen LogP contribution in [-0.2, 0) is 23.7 Å². The van der Waals surface area contributed by atoms with E-state index in [1.807, 2.05) is 31.2 Å². The van der Waals surface area contributed by atoms with E-state index in [-0.39, 0.29) is 12.2 Å². The molecule has 0 aliphatic heterocycles. The molecule has 3 rings (SSSR count). The topological polar surface area (TPSA) is 9.23 Å². The highest BCUT2D eigenvalue weighted by molar-refractivity contribution is 5.28. The molecule has 0 N–H and O–H groups in total. The molecular weight excluding hydrogens is 426 g/mol. The van der Waals surface area contributed by atoms with E-state index in [0.717, 1.165) is 43.6 Å². The van der Waals surface area contributed by atoms with E-state index in [9.17, 15) is 8.78 Å². The van der Waals surface area contributed by atoms with E-state index in [1.165, 1.54) is 30.4 Å². The molecule has 34 heavy (non-hydrogen) atoms. The lowest BCUT2D eigenvalue weighted by Crippen LogP contribution is -2.20. The Balaban J connectivity index is 1.44. The van der Waals surface area contributed by atoms with Crippen molar-refractivity contribution < 1.29 is 13.5 Å². The molecule has 0 atom stereocenters. The Kier molecular flexibility index (Phi) is 10.5. The number of alkyl halides is 2. The Morgan fingerprint density at radius 1 is 0.794 bits per heavy atom. The second kappa shape index (κ2) is 13.6. The molecule has 0 radical (unpaired) electrons. The summed E-state index contributed by atoms with van der Waals surface area (Å²) < 4.78 is 34.3. The molecule has 0 aromatic heterocycles. The predicted molar refractivity (Wildman–Crippen MR) is 138 cm³/mol. The van der Waals surface area contributed by atoms with Crippen LogP contribution in [0.25, 0.3) is 0 Å². The van der Waals surface area contributed by atoms with Crippen LogP contribution in [-0.4, -0.2) is 6.61 Å². The van der Waals surface area contributed by atoms with Crippen LogP contribution in [0.1, 0.15) is 87.0 Å². The molecule has 1 aliphatic carbocycles. The Morgan fingerprint density at radius 3 is 2.00 bits per heavy atom. The summed E-state index contributed by atoms with van der Waals surface area (Å²) in [5.41, 5.74) is 3.40. The van der Waals surface area contributed by atoms with Gasteiger partial charge in [0.05, 0.1) is 12.2 Å². The number of aryl methyl sites for hydroxylation is 1. The van der Waals surface area contributed by atoms with Gasteiger partial charge in [0, 0.05) is 0 Å². The normalized spacial score (nSPS) is 19.3. The number of halogens is 2. The highest BCUT2D eigenvalue weighted by Gasteiger charge is 2.33. The molecule has 0 heterocycles. The third-order valence-corrected chi connectivity index (χ3v) is 7.07. The molecule has 2 aromatic carbocycles. The maximum Gasteiger partial charge on any atom is 0.383 e. The van der Waals surface area contributed by atoms with Crippen LogP contribution in [0.2, 0.25) is 0 Å². The molecule has 1 nitrogen and oxygen atoms in total. The van der Waals surface area contributed by atoms with Gasteiger partial charge in [-0.15, -0.1) is 0 Å². The smallest absolute Gasteiger partial charge is 0.316 e. The Hall–Kier alpha value is -2.26. The fraction of sp³-hybridized carbons (Fsp3) is 0.484. The van der Waals surface area contributed by atoms with Gasteiger partial charge >= 0.3 is 6.11 Å². The van der Waals surface area contributed by atoms with Gasteiger partial charge in [0.1, 0.15) is 0 Å². The van der Waals surface area contributed by atoms with Crippen LogP contribution in [0.3, 0.4) is 0 Å². The summed E-state index contributed by atoms with van der Waals surface area (Å²) in [4.78, 5) is 0. The minimum absolute atomic E-state index is 0.0100. The fourth-order valence-corrected chi connectivity index (χ4v) is 4.90. The van der Waals surface area contributed by atoms with Crippen LogP contribution in [0.4, 0.5) is 8.78 Å². The second-order valence-electron chi connectivity index (χ2n) is 9.53. The first-order valence-corrected chi connectivity index (χ1v) is 12.9. The molecule has 1 fully saturated rings. The maximum absolute atomic E-state index is 14.6. The predicted octanol–water partition coefficient (Wildman–Crippen LogP) is 9.13. The van der Waals surface area contributed by atoms with Gasteiger partial charge in [0.15, 0.2) is 0 Å². The number of ether oxygens (including phenoxy) is 1. The lowest BCUT2D eigenvalue weighted by Gasteiger charge is -2.29. The van der Waals surface area contributed by atoms with Gasteiger partial charge in [-0.2, -0.15) is 8.78 Å². The quantitative estimate of drug-likeness (QED) is 0.283. The summed E-state index contributed by atoms with van der Waals surface area (Å²) in [6.07, 6.45) is 15.0. The summed E-state index contributed by atoms with van der Waals surface area (Å²) in [5.74, 6) is 1.29. The van der Waals surface area contributed by atoms with Gasteiger partial charge in [-0.1, -0.05) is 72.8 Å². The number of benzene rings is 2. The van der Waals surface area contributed by atoms with Crippen LogP contribution in [0, 0.1) is 5.92 Å². The van der Waals surface area contributed by atoms with Gasteiger partial charge in [-0.25, -0.2) is 0 Å². The van der Waals surface area contributed by atoms with Crippen molar-refractivity contribution >= 4 is 0 Å². The van der Waals surface area contributed by atoms with Crippen LogP contribution < -0.4 is 0 Å². The van der Waals surface area contributed by atoms with Crippen molar-refractivity contribution in [2.45, 2.75) is 83.7 Å². The third kappa shape index (κ3) is 8.20. The Bertz CT molecular complexity index is 888. The third-order valence-electron chi connectivity index (χ3n) is 7.07. The van der Waals surface area contributed by atoms with Crippen molar-refractivity contribution in [1.29, 1.82) is 0 Å². The lowest BCUT2D eigenvalue weighted by atomic mass is 9.77. The average Bonchev–Trinajstić information content (AvgIpc) is 2.86. The average molecular weight is 467 g/mol. The minimum Gasteiger partial charge on any atom is -0.316 e. The molecule has 0 spiro atoms. The first-order chi connectivity index (χ1) is 16.5. The zero-order chi connectivity index (χ0) is 24.2. The number of rotatable bonds is 12. The van der Waals surface area contributed by atoms with Crippen molar-refractivity contribution in [2.24, 2.45) is 5.92 Å². The molecule has 0 saturated heterocycles. The number of hydrogen-bond acceptors (Lipinski definition) is 1. The molecule has 0 bridgehead atoms. The van der Waals surface area contributed by atoms with Gasteiger partial charge in [-0.3, -0.25) is 0 Å². The molecule has 1 saturated carbocycles. The maximum atomic E-state index is 14.6. The Morgan fingerprint density at radius 2 is 1.38 bits per heavy atom. The fourth-order valence-electron chi connectivity index (χ4n) is 4.90. The van der Waals surface area contributed by atoms with E-state index < -0.39 is 6.11 Å². The van der Waals surface area contributed by atoms with Crippen molar-refractivity contribution in [3.05, 3.63) is 95.1 Å². The van der Waals surface area contributed by atoms with Gasteiger partial charge in [0.25, 0.3) is 0 Å². The van der Waals surface area contributed by atoms with E-state index in [1.54, 1.807) is 12.1 Å². The first-order valence-electron chi connectivity index (χ1n) is 12.9. The highest BCUT2D eigenvalue weighted by atomic mass is 19.3. The van der Waals surface area contributed by atoms with Crippen LogP contribution in [0.5, 0.6) is 0 Å². The standard InChI is InChI=1S/C31H40F2O/c1-3-5-7-9-25-11-13-27(14-12-25)23-24-34-31(32,33)30-21-19-29(20-22-30)28-17-15-26(16-18-28)10-8-6-4-2/h3-6,11-14,19-22,26,28H,7-10,15-18,23-24H2,1-2H3/b5-3+,6-4+/t26-,28-. The zero-order valence-electron chi connectivity index (χ0n) is 20.8. The number of allylic oxidation sites excluding steroid dienone is 4. The summed E-state index contributed by atoms with van der Waals surface area (Å²) in [6, 6.07) is 15.0. The largest absolute Gasteiger partial charge is 0.383 e. The van der Waals surface area contributed by atoms with E-state index >= 15 is 0 Å². The van der Waals surface area contributed by atoms with Crippen molar-refractivity contribution in [1.82, 2.24) is 0 Å². The molecule has 1 aliphatic rings. The van der Waals surface area contributed by atoms with Crippen molar-refractivity contribution in [3.8, 4) is 0 Å². The number of hydrogen-bond donors (Lipinski definition) is 0. The van der Waals surface area contributed by atoms with Gasteiger partial charge in [-0.05, 0) is 100 Å². The summed E-state index contributed by atoms with van der Waals surface area (Å²) in [6.45, 7) is 4.08. The molecule has 184 valence electrons. The van der Waals surface area contributed by atoms with Crippen LogP contribution in [0.15, 0.2) is 72.8 Å². The molecular formula is C31H40F2O. The van der Waals surface area contributed by atoms with E-state index in [0.29, 0.717) is 12.3 Å². The summed E-state index contributed by atoms with van der Waals surface area (Å²) in [7, 11) is 0. The van der Waals surface area contributed by atoms with E-state index in [2.05, 4.69) is 43.4 Å². The highest BCUT2D eigenvalue weighted by Crippen LogP contribution is 2.38. The molecule has 2 aromatic rings. The molecule has 0 unspecified atom stereocenters. The lowest BCUT2D eigenvalue weighted by molar-refractivity contribution is -0.248. The molecule has 3 heteroatoms. The van der Waals surface area contributed by atoms with Crippen LogP contribution >= 0.6 is 0 Å². The Labute approximate surface area is 204 Å². The summed E-state index contributed by atoms with van der Waals surface area (Å²) >= 11 is 0. The SMILES string of the molecule is C/C=C/CCc1ccc(CCOC(F)(F)c2ccc([C@H]3CC[C@H](CC/C=C/C)CC3)cc2)cc1. The monoisotopic (exact) mass is 466 g/mol. The van der Waals surface area contributed by atoms with E-state index in [4.69, 9.17) is 4.74 Å².